The maximum Gasteiger partial charge on any atom is 0.508 e. The van der Waals surface area contributed by atoms with Crippen LogP contribution in [-0.2, 0) is 9.47 Å². The first-order valence-electron chi connectivity index (χ1n) is 16.7. The molecule has 4 rings (SSSR count). The Morgan fingerprint density at radius 1 is 0.432 bits per heavy atom. The third-order valence-electron chi connectivity index (χ3n) is 9.17. The van der Waals surface area contributed by atoms with Crippen LogP contribution in [0, 0.1) is 0 Å². The molecular formula is C41H50O3. The van der Waals surface area contributed by atoms with Crippen LogP contribution in [0.25, 0.3) is 0 Å². The molecule has 0 N–H and O–H groups in total. The van der Waals surface area contributed by atoms with Gasteiger partial charge in [-0.15, -0.1) is 0 Å². The van der Waals surface area contributed by atoms with Crippen molar-refractivity contribution < 1.29 is 14.3 Å². The second kappa shape index (κ2) is 18.7. The van der Waals surface area contributed by atoms with Gasteiger partial charge in [-0.2, -0.15) is 0 Å². The van der Waals surface area contributed by atoms with Crippen LogP contribution in [0.15, 0.2) is 121 Å². The van der Waals surface area contributed by atoms with E-state index < -0.39 is 6.16 Å². The van der Waals surface area contributed by atoms with Crippen LogP contribution >= 0.6 is 0 Å². The molecule has 0 saturated heterocycles. The van der Waals surface area contributed by atoms with E-state index in [1.165, 1.54) is 22.3 Å². The molecule has 0 radical (unpaired) electrons. The van der Waals surface area contributed by atoms with Gasteiger partial charge < -0.3 is 9.47 Å². The first-order valence-corrected chi connectivity index (χ1v) is 16.7. The van der Waals surface area contributed by atoms with Crippen LogP contribution < -0.4 is 0 Å². The summed E-state index contributed by atoms with van der Waals surface area (Å²) < 4.78 is 11.2. The Balaban J connectivity index is 1.26. The Kier molecular flexibility index (Phi) is 14.1. The van der Waals surface area contributed by atoms with Gasteiger partial charge in [-0.3, -0.25) is 0 Å². The predicted molar refractivity (Wildman–Crippen MR) is 182 cm³/mol. The Labute approximate surface area is 265 Å². The Morgan fingerprint density at radius 3 is 1.00 bits per heavy atom. The standard InChI is InChI=1S/C41H50O3/c1-3-33(35-17-9-5-10-18-35)25-27-39(37-21-13-7-14-22-37)29-31-43-41(42)44-32-30-40(38-23-15-8-16-24-38)28-26-34(4-2)36-19-11-6-12-20-36/h5-24,33-34,39-40H,3-4,25-32H2,1-2H3. The summed E-state index contributed by atoms with van der Waals surface area (Å²) in [5.74, 6) is 1.73. The fourth-order valence-electron chi connectivity index (χ4n) is 6.48. The van der Waals surface area contributed by atoms with Gasteiger partial charge >= 0.3 is 6.16 Å². The average molecular weight is 591 g/mol. The maximum atomic E-state index is 12.6. The van der Waals surface area contributed by atoms with Crippen LogP contribution in [0.4, 0.5) is 4.79 Å². The van der Waals surface area contributed by atoms with Gasteiger partial charge in [0.05, 0.1) is 13.2 Å². The highest BCUT2D eigenvalue weighted by Gasteiger charge is 2.19. The van der Waals surface area contributed by atoms with Gasteiger partial charge in [-0.05, 0) is 97.3 Å². The summed E-state index contributed by atoms with van der Waals surface area (Å²) >= 11 is 0. The molecule has 232 valence electrons. The predicted octanol–water partition coefficient (Wildman–Crippen LogP) is 11.4. The van der Waals surface area contributed by atoms with E-state index in [2.05, 4.69) is 135 Å². The first-order chi connectivity index (χ1) is 21.7. The van der Waals surface area contributed by atoms with E-state index in [1.54, 1.807) is 0 Å². The van der Waals surface area contributed by atoms with Crippen LogP contribution in [0.1, 0.15) is 111 Å². The van der Waals surface area contributed by atoms with Crippen molar-refractivity contribution in [1.29, 1.82) is 0 Å². The molecule has 0 fully saturated rings. The summed E-state index contributed by atoms with van der Waals surface area (Å²) in [4.78, 5) is 12.6. The molecule has 4 atom stereocenters. The second-order valence-electron chi connectivity index (χ2n) is 11.9. The molecule has 0 spiro atoms. The van der Waals surface area contributed by atoms with Crippen molar-refractivity contribution in [3.05, 3.63) is 144 Å². The minimum atomic E-state index is -0.560. The number of benzene rings is 4. The number of carbonyl (C=O) groups is 1. The summed E-state index contributed by atoms with van der Waals surface area (Å²) in [5, 5.41) is 0. The van der Waals surface area contributed by atoms with Crippen LogP contribution in [0.3, 0.4) is 0 Å². The number of hydrogen-bond acceptors (Lipinski definition) is 3. The molecule has 4 aromatic carbocycles. The average Bonchev–Trinajstić information content (AvgIpc) is 3.09. The molecule has 0 amide bonds. The number of ether oxygens (including phenoxy) is 2. The first kappa shape index (κ1) is 33.1. The fraction of sp³-hybridized carbons (Fsp3) is 0.390. The zero-order chi connectivity index (χ0) is 30.8. The van der Waals surface area contributed by atoms with Gasteiger partial charge in [-0.1, -0.05) is 135 Å². The lowest BCUT2D eigenvalue weighted by molar-refractivity contribution is 0.0508. The molecule has 4 unspecified atom stereocenters. The second-order valence-corrected chi connectivity index (χ2v) is 11.9. The zero-order valence-corrected chi connectivity index (χ0v) is 26.7. The van der Waals surface area contributed by atoms with Gasteiger partial charge in [0.1, 0.15) is 0 Å². The summed E-state index contributed by atoms with van der Waals surface area (Å²) in [6.45, 7) is 5.25. The molecule has 0 aromatic heterocycles. The van der Waals surface area contributed by atoms with Crippen molar-refractivity contribution in [1.82, 2.24) is 0 Å². The smallest absolute Gasteiger partial charge is 0.434 e. The van der Waals surface area contributed by atoms with Crippen LogP contribution in [0.2, 0.25) is 0 Å². The van der Waals surface area contributed by atoms with Crippen molar-refractivity contribution in [3.63, 3.8) is 0 Å². The lowest BCUT2D eigenvalue weighted by Crippen LogP contribution is -2.14. The zero-order valence-electron chi connectivity index (χ0n) is 26.7. The lowest BCUT2D eigenvalue weighted by atomic mass is 9.85. The topological polar surface area (TPSA) is 35.5 Å². The van der Waals surface area contributed by atoms with Crippen molar-refractivity contribution in [3.8, 4) is 0 Å². The highest BCUT2D eigenvalue weighted by atomic mass is 16.7. The SMILES string of the molecule is CCC(CCC(CCOC(=O)OCCC(CCC(CC)c1ccccc1)c1ccccc1)c1ccccc1)c1ccccc1. The largest absolute Gasteiger partial charge is 0.508 e. The molecular weight excluding hydrogens is 540 g/mol. The normalized spacial score (nSPS) is 13.9. The minimum Gasteiger partial charge on any atom is -0.434 e. The van der Waals surface area contributed by atoms with E-state index in [0.717, 1.165) is 51.4 Å². The Bertz CT molecular complexity index is 1200. The molecule has 44 heavy (non-hydrogen) atoms. The van der Waals surface area contributed by atoms with Crippen molar-refractivity contribution in [2.45, 2.75) is 88.9 Å². The molecule has 0 heterocycles. The maximum absolute atomic E-state index is 12.6. The Hall–Kier alpha value is -3.85. The molecule has 3 heteroatoms. The fourth-order valence-corrected chi connectivity index (χ4v) is 6.48. The van der Waals surface area contributed by atoms with Gasteiger partial charge in [0.15, 0.2) is 0 Å². The highest BCUT2D eigenvalue weighted by molar-refractivity contribution is 5.59. The summed E-state index contributed by atoms with van der Waals surface area (Å²) in [7, 11) is 0. The van der Waals surface area contributed by atoms with Gasteiger partial charge in [0, 0.05) is 0 Å². The third kappa shape index (κ3) is 10.7. The molecule has 0 aliphatic rings. The Morgan fingerprint density at radius 2 is 0.705 bits per heavy atom. The molecule has 3 nitrogen and oxygen atoms in total. The molecule has 0 aliphatic heterocycles. The van der Waals surface area contributed by atoms with E-state index in [-0.39, 0.29) is 0 Å². The van der Waals surface area contributed by atoms with Crippen molar-refractivity contribution in [2.24, 2.45) is 0 Å². The van der Waals surface area contributed by atoms with Gasteiger partial charge in [0.2, 0.25) is 0 Å². The molecule has 0 bridgehead atoms. The van der Waals surface area contributed by atoms with Crippen LogP contribution in [0.5, 0.6) is 0 Å². The van der Waals surface area contributed by atoms with E-state index in [4.69, 9.17) is 9.47 Å². The molecule has 0 saturated carbocycles. The van der Waals surface area contributed by atoms with Crippen LogP contribution in [-0.4, -0.2) is 19.4 Å². The van der Waals surface area contributed by atoms with Gasteiger partial charge in [-0.25, -0.2) is 4.79 Å². The van der Waals surface area contributed by atoms with E-state index in [0.29, 0.717) is 36.9 Å². The molecule has 0 aliphatic carbocycles. The third-order valence-corrected chi connectivity index (χ3v) is 9.17. The number of rotatable bonds is 18. The van der Waals surface area contributed by atoms with E-state index >= 15 is 0 Å². The minimum absolute atomic E-state index is 0.334. The quantitative estimate of drug-likeness (QED) is 0.108. The summed E-state index contributed by atoms with van der Waals surface area (Å²) in [6.07, 6.45) is 7.56. The monoisotopic (exact) mass is 590 g/mol. The lowest BCUT2D eigenvalue weighted by Gasteiger charge is -2.22. The van der Waals surface area contributed by atoms with Gasteiger partial charge in [0.25, 0.3) is 0 Å². The van der Waals surface area contributed by atoms with Crippen molar-refractivity contribution >= 4 is 6.16 Å². The number of hydrogen-bond donors (Lipinski definition) is 0. The van der Waals surface area contributed by atoms with E-state index in [9.17, 15) is 4.79 Å². The molecule has 4 aromatic rings. The van der Waals surface area contributed by atoms with E-state index in [1.807, 2.05) is 0 Å². The summed E-state index contributed by atoms with van der Waals surface area (Å²) in [6, 6.07) is 42.9. The summed E-state index contributed by atoms with van der Waals surface area (Å²) in [5.41, 5.74) is 5.42. The van der Waals surface area contributed by atoms with Crippen molar-refractivity contribution in [2.75, 3.05) is 13.2 Å². The highest BCUT2D eigenvalue weighted by Crippen LogP contribution is 2.33. The number of carbonyl (C=O) groups excluding carboxylic acids is 1.